The molecule has 2 aromatic rings. The van der Waals surface area contributed by atoms with Gasteiger partial charge in [-0.05, 0) is 30.3 Å². The molecular formula is C13H10FN3O6S. The van der Waals surface area contributed by atoms with Crippen LogP contribution in [0, 0.1) is 15.9 Å². The summed E-state index contributed by atoms with van der Waals surface area (Å²) in [6, 6.07) is 5.82. The third-order valence-corrected chi connectivity index (χ3v) is 3.88. The van der Waals surface area contributed by atoms with Crippen molar-refractivity contribution in [3.63, 3.8) is 0 Å². The van der Waals surface area contributed by atoms with Crippen molar-refractivity contribution in [2.75, 3.05) is 11.1 Å². The molecule has 0 atom stereocenters. The van der Waals surface area contributed by atoms with Gasteiger partial charge in [0.1, 0.15) is 4.90 Å². The molecule has 0 radical (unpaired) electrons. The SMILES string of the molecule is Nc1cc(NC(=O)c2ccc(F)c([N+](=O)[O-])c2)ccc1S(=O)(=O)O. The Morgan fingerprint density at radius 1 is 1.25 bits per heavy atom. The van der Waals surface area contributed by atoms with Crippen LogP contribution in [0.25, 0.3) is 0 Å². The maximum atomic E-state index is 13.2. The first-order chi connectivity index (χ1) is 11.1. The van der Waals surface area contributed by atoms with E-state index in [4.69, 9.17) is 10.3 Å². The van der Waals surface area contributed by atoms with Crippen molar-refractivity contribution in [2.24, 2.45) is 0 Å². The summed E-state index contributed by atoms with van der Waals surface area (Å²) >= 11 is 0. The minimum absolute atomic E-state index is 0.0804. The largest absolute Gasteiger partial charge is 0.398 e. The van der Waals surface area contributed by atoms with E-state index in [1.54, 1.807) is 0 Å². The molecule has 0 saturated carbocycles. The Morgan fingerprint density at radius 3 is 2.46 bits per heavy atom. The maximum Gasteiger partial charge on any atom is 0.305 e. The number of rotatable bonds is 4. The second kappa shape index (κ2) is 6.22. The van der Waals surface area contributed by atoms with Crippen LogP contribution in [0.2, 0.25) is 0 Å². The summed E-state index contributed by atoms with van der Waals surface area (Å²) in [6.07, 6.45) is 0. The van der Waals surface area contributed by atoms with Crippen LogP contribution in [0.3, 0.4) is 0 Å². The molecule has 0 unspecified atom stereocenters. The van der Waals surface area contributed by atoms with E-state index in [0.29, 0.717) is 0 Å². The zero-order valence-corrected chi connectivity index (χ0v) is 12.6. The zero-order valence-electron chi connectivity index (χ0n) is 11.8. The lowest BCUT2D eigenvalue weighted by Crippen LogP contribution is -2.13. The number of nitrogens with one attached hydrogen (secondary N) is 1. The third kappa shape index (κ3) is 3.64. The molecule has 2 rings (SSSR count). The molecule has 0 fully saturated rings. The highest BCUT2D eigenvalue weighted by atomic mass is 32.2. The van der Waals surface area contributed by atoms with E-state index in [0.717, 1.165) is 36.4 Å². The van der Waals surface area contributed by atoms with Crippen LogP contribution in [-0.2, 0) is 10.1 Å². The Labute approximate surface area is 134 Å². The Hall–Kier alpha value is -3.05. The summed E-state index contributed by atoms with van der Waals surface area (Å²) in [7, 11) is -4.51. The fraction of sp³-hybridized carbons (Fsp3) is 0. The van der Waals surface area contributed by atoms with Gasteiger partial charge in [0, 0.05) is 17.3 Å². The predicted molar refractivity (Wildman–Crippen MR) is 81.7 cm³/mol. The standard InChI is InChI=1S/C13H10FN3O6S/c14-9-3-1-7(5-11(9)17(19)20)13(18)16-8-2-4-12(10(15)6-8)24(21,22)23/h1-6H,15H2,(H,16,18)(H,21,22,23). The Morgan fingerprint density at radius 2 is 1.92 bits per heavy atom. The number of nitrogen functional groups attached to an aromatic ring is 1. The summed E-state index contributed by atoms with van der Waals surface area (Å²) in [6.45, 7) is 0. The van der Waals surface area contributed by atoms with Crippen LogP contribution in [0.5, 0.6) is 0 Å². The van der Waals surface area contributed by atoms with E-state index in [1.807, 2.05) is 0 Å². The molecule has 0 heterocycles. The first-order valence-electron chi connectivity index (χ1n) is 6.22. The number of nitrogens with two attached hydrogens (primary N) is 1. The van der Waals surface area contributed by atoms with Gasteiger partial charge in [0.15, 0.2) is 0 Å². The van der Waals surface area contributed by atoms with Crippen molar-refractivity contribution in [1.82, 2.24) is 0 Å². The summed E-state index contributed by atoms with van der Waals surface area (Å²) in [4.78, 5) is 21.2. The normalized spacial score (nSPS) is 11.1. The number of nitrogens with zero attached hydrogens (tertiary/aromatic N) is 1. The molecule has 0 aliphatic rings. The maximum absolute atomic E-state index is 13.2. The number of carbonyl (C=O) groups is 1. The summed E-state index contributed by atoms with van der Waals surface area (Å²) in [5, 5.41) is 13.0. The lowest BCUT2D eigenvalue weighted by molar-refractivity contribution is -0.387. The van der Waals surface area contributed by atoms with Crippen molar-refractivity contribution in [3.05, 3.63) is 57.9 Å². The van der Waals surface area contributed by atoms with Crippen LogP contribution in [0.4, 0.5) is 21.5 Å². The van der Waals surface area contributed by atoms with Gasteiger partial charge < -0.3 is 11.1 Å². The van der Waals surface area contributed by atoms with E-state index >= 15 is 0 Å². The first-order valence-corrected chi connectivity index (χ1v) is 7.66. The fourth-order valence-electron chi connectivity index (χ4n) is 1.86. The number of carbonyl (C=O) groups excluding carboxylic acids is 1. The van der Waals surface area contributed by atoms with Crippen molar-refractivity contribution in [2.45, 2.75) is 4.90 Å². The number of hydrogen-bond acceptors (Lipinski definition) is 6. The van der Waals surface area contributed by atoms with Gasteiger partial charge in [-0.15, -0.1) is 0 Å². The van der Waals surface area contributed by atoms with Crippen LogP contribution < -0.4 is 11.1 Å². The van der Waals surface area contributed by atoms with Gasteiger partial charge in [0.05, 0.1) is 10.6 Å². The monoisotopic (exact) mass is 355 g/mol. The molecule has 0 saturated heterocycles. The van der Waals surface area contributed by atoms with E-state index in [2.05, 4.69) is 5.32 Å². The molecule has 24 heavy (non-hydrogen) atoms. The van der Waals surface area contributed by atoms with Gasteiger partial charge in [0.25, 0.3) is 16.0 Å². The molecule has 0 aliphatic heterocycles. The number of hydrogen-bond donors (Lipinski definition) is 3. The smallest absolute Gasteiger partial charge is 0.305 e. The molecule has 2 aromatic carbocycles. The summed E-state index contributed by atoms with van der Waals surface area (Å²) in [5.74, 6) is -1.88. The molecule has 0 aliphatic carbocycles. The lowest BCUT2D eigenvalue weighted by Gasteiger charge is -2.08. The molecular weight excluding hydrogens is 345 g/mol. The topological polar surface area (TPSA) is 153 Å². The number of anilines is 2. The summed E-state index contributed by atoms with van der Waals surface area (Å²) in [5.41, 5.74) is 4.21. The molecule has 126 valence electrons. The second-order valence-electron chi connectivity index (χ2n) is 4.61. The van der Waals surface area contributed by atoms with Crippen LogP contribution in [0.1, 0.15) is 10.4 Å². The zero-order chi connectivity index (χ0) is 18.1. The van der Waals surface area contributed by atoms with Crippen LogP contribution >= 0.6 is 0 Å². The van der Waals surface area contributed by atoms with Gasteiger partial charge in [-0.3, -0.25) is 19.5 Å². The van der Waals surface area contributed by atoms with E-state index in [9.17, 15) is 27.7 Å². The van der Waals surface area contributed by atoms with E-state index in [-0.39, 0.29) is 16.9 Å². The number of nitro groups is 1. The quantitative estimate of drug-likeness (QED) is 0.327. The highest BCUT2D eigenvalue weighted by Gasteiger charge is 2.18. The van der Waals surface area contributed by atoms with Gasteiger partial charge >= 0.3 is 5.69 Å². The number of nitro benzene ring substituents is 1. The van der Waals surface area contributed by atoms with Gasteiger partial charge in [-0.2, -0.15) is 12.8 Å². The average Bonchev–Trinajstić information content (AvgIpc) is 2.45. The van der Waals surface area contributed by atoms with Crippen LogP contribution in [-0.4, -0.2) is 23.8 Å². The molecule has 1 amide bonds. The van der Waals surface area contributed by atoms with Gasteiger partial charge in [-0.25, -0.2) is 0 Å². The van der Waals surface area contributed by atoms with Crippen LogP contribution in [0.15, 0.2) is 41.3 Å². The molecule has 4 N–H and O–H groups in total. The van der Waals surface area contributed by atoms with Crippen molar-refractivity contribution in [3.8, 4) is 0 Å². The minimum atomic E-state index is -4.51. The van der Waals surface area contributed by atoms with Gasteiger partial charge in [0.2, 0.25) is 5.82 Å². The first kappa shape index (κ1) is 17.3. The molecule has 9 nitrogen and oxygen atoms in total. The van der Waals surface area contributed by atoms with Crippen molar-refractivity contribution >= 4 is 33.1 Å². The number of benzene rings is 2. The average molecular weight is 355 g/mol. The third-order valence-electron chi connectivity index (χ3n) is 2.95. The number of amides is 1. The Kier molecular flexibility index (Phi) is 4.48. The number of halogens is 1. The Balaban J connectivity index is 2.29. The minimum Gasteiger partial charge on any atom is -0.398 e. The molecule has 11 heteroatoms. The summed E-state index contributed by atoms with van der Waals surface area (Å²) < 4.78 is 44.2. The lowest BCUT2D eigenvalue weighted by atomic mass is 10.1. The molecule has 0 spiro atoms. The van der Waals surface area contributed by atoms with E-state index < -0.39 is 37.3 Å². The highest BCUT2D eigenvalue weighted by molar-refractivity contribution is 7.86. The molecule has 0 aromatic heterocycles. The Bertz CT molecular complexity index is 945. The molecule has 0 bridgehead atoms. The predicted octanol–water partition coefficient (Wildman–Crippen LogP) is 1.82. The van der Waals surface area contributed by atoms with Gasteiger partial charge in [-0.1, -0.05) is 0 Å². The van der Waals surface area contributed by atoms with Crippen molar-refractivity contribution in [1.29, 1.82) is 0 Å². The second-order valence-corrected chi connectivity index (χ2v) is 6.00. The fourth-order valence-corrected chi connectivity index (χ4v) is 2.46. The van der Waals surface area contributed by atoms with E-state index in [1.165, 1.54) is 0 Å². The highest BCUT2D eigenvalue weighted by Crippen LogP contribution is 2.23. The van der Waals surface area contributed by atoms with Crippen molar-refractivity contribution < 1.29 is 27.1 Å².